The van der Waals surface area contributed by atoms with Crippen molar-refractivity contribution in [3.63, 3.8) is 0 Å². The summed E-state index contributed by atoms with van der Waals surface area (Å²) < 4.78 is 1.56. The first-order chi connectivity index (χ1) is 16.7. The maximum atomic E-state index is 13.0. The number of carboxylic acids is 1. The third-order valence-electron chi connectivity index (χ3n) is 6.19. The number of hydrogen-bond donors (Lipinski definition) is 3. The number of nitrogens with one attached hydrogen (secondary N) is 2. The molecule has 3 aromatic rings. The number of aryl methyl sites for hydroxylation is 1. The third kappa shape index (κ3) is 5.34. The molecule has 0 aliphatic carbocycles. The van der Waals surface area contributed by atoms with E-state index in [-0.39, 0.29) is 17.5 Å². The van der Waals surface area contributed by atoms with E-state index in [1.165, 1.54) is 11.6 Å². The zero-order chi connectivity index (χ0) is 25.1. The molecule has 1 aliphatic heterocycles. The van der Waals surface area contributed by atoms with E-state index in [0.29, 0.717) is 41.6 Å². The Bertz CT molecular complexity index is 1250. The average Bonchev–Trinajstić information content (AvgIpc) is 3.49. The van der Waals surface area contributed by atoms with Gasteiger partial charge in [0, 0.05) is 24.5 Å². The Hall–Kier alpha value is -4.14. The maximum Gasteiger partial charge on any atom is 0.335 e. The molecule has 1 atom stereocenters. The largest absolute Gasteiger partial charge is 0.478 e. The second-order valence-corrected chi connectivity index (χ2v) is 9.00. The molecule has 0 spiro atoms. The first kappa shape index (κ1) is 24.0. The molecule has 9 heteroatoms. The molecule has 3 N–H and O–H groups in total. The van der Waals surface area contributed by atoms with Crippen LogP contribution in [-0.4, -0.2) is 50.3 Å². The Morgan fingerprint density at radius 2 is 1.80 bits per heavy atom. The number of rotatable bonds is 6. The molecule has 0 radical (unpaired) electrons. The standard InChI is InChI=1S/C26H29N5O4/c1-16(2)18-6-8-19(9-7-18)27-26(35)30-13-4-5-22(30)24(32)28-23-12-14-31(29-23)20-10-11-21(25(33)34)17(3)15-20/h6-12,14-16,22H,4-5,13H2,1-3H3,(H,27,35)(H,33,34)(H,28,29,32)/t22-/m0/s1. The third-order valence-corrected chi connectivity index (χ3v) is 6.19. The van der Waals surface area contributed by atoms with Crippen LogP contribution in [0, 0.1) is 6.92 Å². The zero-order valence-electron chi connectivity index (χ0n) is 20.0. The number of carbonyl (C=O) groups excluding carboxylic acids is 2. The predicted octanol–water partition coefficient (Wildman–Crippen LogP) is 4.64. The van der Waals surface area contributed by atoms with Crippen LogP contribution in [0.4, 0.5) is 16.3 Å². The van der Waals surface area contributed by atoms with Gasteiger partial charge in [-0.3, -0.25) is 4.79 Å². The van der Waals surface area contributed by atoms with Gasteiger partial charge in [-0.15, -0.1) is 0 Å². The van der Waals surface area contributed by atoms with Gasteiger partial charge in [-0.05, 0) is 67.1 Å². The Morgan fingerprint density at radius 1 is 1.06 bits per heavy atom. The van der Waals surface area contributed by atoms with Crippen LogP contribution in [0.3, 0.4) is 0 Å². The highest BCUT2D eigenvalue weighted by atomic mass is 16.4. The summed E-state index contributed by atoms with van der Waals surface area (Å²) in [5.41, 5.74) is 3.40. The van der Waals surface area contributed by atoms with Gasteiger partial charge in [0.15, 0.2) is 5.82 Å². The fraction of sp³-hybridized carbons (Fsp3) is 0.308. The minimum atomic E-state index is -0.986. The number of benzene rings is 2. The molecule has 2 aromatic carbocycles. The van der Waals surface area contributed by atoms with Crippen LogP contribution in [0.1, 0.15) is 54.1 Å². The molecule has 1 aromatic heterocycles. The van der Waals surface area contributed by atoms with Crippen LogP contribution in [0.25, 0.3) is 5.69 Å². The number of amides is 3. The number of aromatic carboxylic acids is 1. The second kappa shape index (κ2) is 10.0. The number of likely N-dealkylation sites (tertiary alicyclic amines) is 1. The summed E-state index contributed by atoms with van der Waals surface area (Å²) in [7, 11) is 0. The van der Waals surface area contributed by atoms with Crippen LogP contribution < -0.4 is 10.6 Å². The fourth-order valence-corrected chi connectivity index (χ4v) is 4.20. The van der Waals surface area contributed by atoms with Gasteiger partial charge < -0.3 is 20.6 Å². The summed E-state index contributed by atoms with van der Waals surface area (Å²) >= 11 is 0. The van der Waals surface area contributed by atoms with Gasteiger partial charge in [0.25, 0.3) is 0 Å². The number of carbonyl (C=O) groups is 3. The summed E-state index contributed by atoms with van der Waals surface area (Å²) in [6.45, 7) is 6.44. The minimum absolute atomic E-state index is 0.227. The minimum Gasteiger partial charge on any atom is -0.478 e. The quantitative estimate of drug-likeness (QED) is 0.480. The van der Waals surface area contributed by atoms with Gasteiger partial charge in [-0.1, -0.05) is 26.0 Å². The molecule has 35 heavy (non-hydrogen) atoms. The molecular formula is C26H29N5O4. The van der Waals surface area contributed by atoms with E-state index < -0.39 is 12.0 Å². The molecule has 1 aliphatic rings. The molecule has 0 saturated carbocycles. The van der Waals surface area contributed by atoms with Gasteiger partial charge in [-0.2, -0.15) is 5.10 Å². The highest BCUT2D eigenvalue weighted by molar-refractivity contribution is 5.99. The maximum absolute atomic E-state index is 13.0. The number of aromatic nitrogens is 2. The van der Waals surface area contributed by atoms with Crippen LogP contribution >= 0.6 is 0 Å². The lowest BCUT2D eigenvalue weighted by atomic mass is 10.0. The summed E-state index contributed by atoms with van der Waals surface area (Å²) in [6, 6.07) is 13.4. The van der Waals surface area contributed by atoms with Crippen molar-refractivity contribution >= 4 is 29.4 Å². The number of nitrogens with zero attached hydrogens (tertiary/aromatic N) is 3. The van der Waals surface area contributed by atoms with Crippen molar-refractivity contribution in [2.24, 2.45) is 0 Å². The van der Waals surface area contributed by atoms with Crippen LogP contribution in [0.15, 0.2) is 54.7 Å². The predicted molar refractivity (Wildman–Crippen MR) is 133 cm³/mol. The molecule has 3 amide bonds. The van der Waals surface area contributed by atoms with Gasteiger partial charge >= 0.3 is 12.0 Å². The second-order valence-electron chi connectivity index (χ2n) is 9.00. The molecule has 2 heterocycles. The Morgan fingerprint density at radius 3 is 2.46 bits per heavy atom. The van der Waals surface area contributed by atoms with Crippen molar-refractivity contribution in [2.75, 3.05) is 17.2 Å². The molecule has 1 fully saturated rings. The number of hydrogen-bond acceptors (Lipinski definition) is 4. The molecule has 0 unspecified atom stereocenters. The van der Waals surface area contributed by atoms with Gasteiger partial charge in [0.05, 0.1) is 11.3 Å². The fourth-order valence-electron chi connectivity index (χ4n) is 4.20. The summed E-state index contributed by atoms with van der Waals surface area (Å²) in [5, 5.41) is 19.3. The van der Waals surface area contributed by atoms with E-state index in [1.807, 2.05) is 24.3 Å². The lowest BCUT2D eigenvalue weighted by molar-refractivity contribution is -0.119. The normalized spacial score (nSPS) is 15.3. The molecule has 1 saturated heterocycles. The first-order valence-corrected chi connectivity index (χ1v) is 11.6. The van der Waals surface area contributed by atoms with Crippen LogP contribution in [0.5, 0.6) is 0 Å². The zero-order valence-corrected chi connectivity index (χ0v) is 20.0. The van der Waals surface area contributed by atoms with Gasteiger partial charge in [0.1, 0.15) is 6.04 Å². The molecule has 4 rings (SSSR count). The van der Waals surface area contributed by atoms with Crippen molar-refractivity contribution < 1.29 is 19.5 Å². The monoisotopic (exact) mass is 475 g/mol. The molecule has 0 bridgehead atoms. The van der Waals surface area contributed by atoms with Crippen LogP contribution in [-0.2, 0) is 4.79 Å². The highest BCUT2D eigenvalue weighted by Gasteiger charge is 2.34. The van der Waals surface area contributed by atoms with E-state index in [4.69, 9.17) is 0 Å². The van der Waals surface area contributed by atoms with E-state index in [2.05, 4.69) is 29.6 Å². The lowest BCUT2D eigenvalue weighted by Crippen LogP contribution is -2.45. The van der Waals surface area contributed by atoms with Crippen molar-refractivity contribution in [3.8, 4) is 5.69 Å². The summed E-state index contributed by atoms with van der Waals surface area (Å²) in [6.07, 6.45) is 2.99. The van der Waals surface area contributed by atoms with Crippen molar-refractivity contribution in [1.82, 2.24) is 14.7 Å². The van der Waals surface area contributed by atoms with Crippen molar-refractivity contribution in [1.29, 1.82) is 0 Å². The van der Waals surface area contributed by atoms with Crippen molar-refractivity contribution in [2.45, 2.75) is 45.6 Å². The molecular weight excluding hydrogens is 446 g/mol. The Kier molecular flexibility index (Phi) is 6.86. The van der Waals surface area contributed by atoms with Crippen LogP contribution in [0.2, 0.25) is 0 Å². The van der Waals surface area contributed by atoms with E-state index in [1.54, 1.807) is 40.9 Å². The van der Waals surface area contributed by atoms with Crippen molar-refractivity contribution in [3.05, 3.63) is 71.4 Å². The topological polar surface area (TPSA) is 117 Å². The van der Waals surface area contributed by atoms with E-state index in [9.17, 15) is 19.5 Å². The van der Waals surface area contributed by atoms with E-state index >= 15 is 0 Å². The molecule has 182 valence electrons. The Balaban J connectivity index is 1.40. The number of urea groups is 1. The van der Waals surface area contributed by atoms with E-state index in [0.717, 1.165) is 6.42 Å². The highest BCUT2D eigenvalue weighted by Crippen LogP contribution is 2.22. The number of anilines is 2. The average molecular weight is 476 g/mol. The number of carboxylic acid groups (broad SMARTS) is 1. The summed E-state index contributed by atoms with van der Waals surface area (Å²) in [4.78, 5) is 38.6. The summed E-state index contributed by atoms with van der Waals surface area (Å²) in [5.74, 6) is -0.523. The molecule has 9 nitrogen and oxygen atoms in total. The van der Waals surface area contributed by atoms with Gasteiger partial charge in [-0.25, -0.2) is 14.3 Å². The SMILES string of the molecule is Cc1cc(-n2ccc(NC(=O)[C@@H]3CCCN3C(=O)Nc3ccc(C(C)C)cc3)n2)ccc1C(=O)O. The Labute approximate surface area is 203 Å². The first-order valence-electron chi connectivity index (χ1n) is 11.6. The lowest BCUT2D eigenvalue weighted by Gasteiger charge is -2.24. The smallest absolute Gasteiger partial charge is 0.335 e. The van der Waals surface area contributed by atoms with Gasteiger partial charge in [0.2, 0.25) is 5.91 Å².